The molecule has 0 aliphatic heterocycles. The van der Waals surface area contributed by atoms with Crippen molar-refractivity contribution in [1.82, 2.24) is 9.97 Å². The van der Waals surface area contributed by atoms with Crippen molar-refractivity contribution in [2.24, 2.45) is 0 Å². The van der Waals surface area contributed by atoms with Gasteiger partial charge in [-0.3, -0.25) is 0 Å². The SMILES string of the molecule is N#CCCN(c1ncc(Br)cn1)C1CC1. The maximum absolute atomic E-state index is 8.58. The molecule has 1 fully saturated rings. The zero-order valence-corrected chi connectivity index (χ0v) is 9.81. The molecule has 2 rings (SSSR count). The van der Waals surface area contributed by atoms with Crippen LogP contribution in [-0.4, -0.2) is 22.6 Å². The highest BCUT2D eigenvalue weighted by Gasteiger charge is 2.30. The summed E-state index contributed by atoms with van der Waals surface area (Å²) in [5.74, 6) is 0.732. The second-order valence-corrected chi connectivity index (χ2v) is 4.45. The molecule has 0 atom stereocenters. The van der Waals surface area contributed by atoms with Gasteiger partial charge in [-0.15, -0.1) is 0 Å². The summed E-state index contributed by atoms with van der Waals surface area (Å²) in [5, 5.41) is 8.58. The van der Waals surface area contributed by atoms with Crippen molar-refractivity contribution >= 4 is 21.9 Å². The first-order valence-electron chi connectivity index (χ1n) is 4.92. The summed E-state index contributed by atoms with van der Waals surface area (Å²) in [4.78, 5) is 10.6. The fraction of sp³-hybridized carbons (Fsp3) is 0.500. The number of hydrogen-bond acceptors (Lipinski definition) is 4. The molecule has 0 spiro atoms. The van der Waals surface area contributed by atoms with Gasteiger partial charge >= 0.3 is 0 Å². The molecule has 0 radical (unpaired) electrons. The highest BCUT2D eigenvalue weighted by molar-refractivity contribution is 9.10. The van der Waals surface area contributed by atoms with E-state index in [-0.39, 0.29) is 0 Å². The Morgan fingerprint density at radius 1 is 1.47 bits per heavy atom. The normalized spacial score (nSPS) is 14.7. The largest absolute Gasteiger partial charge is 0.337 e. The molecule has 0 aromatic carbocycles. The second kappa shape index (κ2) is 4.58. The molecule has 78 valence electrons. The quantitative estimate of drug-likeness (QED) is 0.838. The summed E-state index contributed by atoms with van der Waals surface area (Å²) < 4.78 is 0.877. The summed E-state index contributed by atoms with van der Waals surface area (Å²) in [7, 11) is 0. The molecule has 1 aliphatic carbocycles. The molecule has 1 aliphatic rings. The minimum Gasteiger partial charge on any atom is -0.337 e. The van der Waals surface area contributed by atoms with Crippen molar-refractivity contribution in [2.75, 3.05) is 11.4 Å². The van der Waals surface area contributed by atoms with E-state index in [1.807, 2.05) is 0 Å². The molecule has 0 amide bonds. The van der Waals surface area contributed by atoms with Gasteiger partial charge in [0.15, 0.2) is 0 Å². The van der Waals surface area contributed by atoms with Crippen molar-refractivity contribution in [1.29, 1.82) is 5.26 Å². The standard InChI is InChI=1S/C10H11BrN4/c11-8-6-13-10(14-7-8)15(5-1-4-12)9-2-3-9/h6-7,9H,1-3,5H2. The lowest BCUT2D eigenvalue weighted by Crippen LogP contribution is -2.28. The zero-order valence-electron chi connectivity index (χ0n) is 8.23. The third-order valence-electron chi connectivity index (χ3n) is 2.32. The predicted octanol–water partition coefficient (Wildman–Crippen LogP) is 2.12. The molecule has 4 nitrogen and oxygen atoms in total. The molecule has 0 saturated heterocycles. The fourth-order valence-electron chi connectivity index (χ4n) is 1.46. The van der Waals surface area contributed by atoms with Gasteiger partial charge in [-0.1, -0.05) is 0 Å². The third-order valence-corrected chi connectivity index (χ3v) is 2.73. The number of hydrogen-bond donors (Lipinski definition) is 0. The number of rotatable bonds is 4. The average Bonchev–Trinajstić information content (AvgIpc) is 3.05. The number of nitrogens with zero attached hydrogens (tertiary/aromatic N) is 4. The Bertz CT molecular complexity index is 366. The Kier molecular flexibility index (Phi) is 3.17. The Morgan fingerprint density at radius 2 is 2.13 bits per heavy atom. The maximum Gasteiger partial charge on any atom is 0.225 e. The van der Waals surface area contributed by atoms with Gasteiger partial charge in [-0.2, -0.15) is 5.26 Å². The Labute approximate surface area is 97.1 Å². The van der Waals surface area contributed by atoms with Crippen LogP contribution in [0.1, 0.15) is 19.3 Å². The summed E-state index contributed by atoms with van der Waals surface area (Å²) in [6.45, 7) is 0.725. The molecular weight excluding hydrogens is 256 g/mol. The van der Waals surface area contributed by atoms with E-state index in [9.17, 15) is 0 Å². The predicted molar refractivity (Wildman–Crippen MR) is 60.3 cm³/mol. The highest BCUT2D eigenvalue weighted by atomic mass is 79.9. The van der Waals surface area contributed by atoms with Crippen LogP contribution in [0.2, 0.25) is 0 Å². The van der Waals surface area contributed by atoms with Gasteiger partial charge < -0.3 is 4.90 Å². The summed E-state index contributed by atoms with van der Waals surface area (Å²) in [6, 6.07) is 2.70. The molecular formula is C10H11BrN4. The van der Waals surface area contributed by atoms with Crippen LogP contribution in [0.3, 0.4) is 0 Å². The van der Waals surface area contributed by atoms with E-state index in [0.29, 0.717) is 12.5 Å². The monoisotopic (exact) mass is 266 g/mol. The van der Waals surface area contributed by atoms with Gasteiger partial charge in [0.2, 0.25) is 5.95 Å². The molecule has 0 bridgehead atoms. The van der Waals surface area contributed by atoms with Crippen LogP contribution < -0.4 is 4.90 Å². The molecule has 1 heterocycles. The molecule has 0 N–H and O–H groups in total. The first kappa shape index (κ1) is 10.4. The van der Waals surface area contributed by atoms with Gasteiger partial charge in [0.25, 0.3) is 0 Å². The van der Waals surface area contributed by atoms with Crippen LogP contribution in [0, 0.1) is 11.3 Å². The lowest BCUT2D eigenvalue weighted by Gasteiger charge is -2.20. The molecule has 1 saturated carbocycles. The summed E-state index contributed by atoms with van der Waals surface area (Å²) in [6.07, 6.45) is 6.37. The second-order valence-electron chi connectivity index (χ2n) is 3.53. The number of halogens is 1. The van der Waals surface area contributed by atoms with Gasteiger partial charge in [0.1, 0.15) is 0 Å². The van der Waals surface area contributed by atoms with Crippen molar-refractivity contribution in [2.45, 2.75) is 25.3 Å². The number of nitriles is 1. The average molecular weight is 267 g/mol. The van der Waals surface area contributed by atoms with Crippen LogP contribution in [0.5, 0.6) is 0 Å². The molecule has 5 heteroatoms. The molecule has 1 aromatic heterocycles. The summed E-state index contributed by atoms with van der Waals surface area (Å²) >= 11 is 3.30. The van der Waals surface area contributed by atoms with Crippen molar-refractivity contribution in [3.05, 3.63) is 16.9 Å². The van der Waals surface area contributed by atoms with Gasteiger partial charge in [0.05, 0.1) is 17.0 Å². The highest BCUT2D eigenvalue weighted by Crippen LogP contribution is 2.29. The van der Waals surface area contributed by atoms with Gasteiger partial charge in [0, 0.05) is 25.0 Å². The lowest BCUT2D eigenvalue weighted by atomic mass is 10.4. The third kappa shape index (κ3) is 2.66. The number of anilines is 1. The summed E-state index contributed by atoms with van der Waals surface area (Å²) in [5.41, 5.74) is 0. The first-order valence-corrected chi connectivity index (χ1v) is 5.71. The van der Waals surface area contributed by atoms with Crippen LogP contribution in [0.4, 0.5) is 5.95 Å². The van der Waals surface area contributed by atoms with Gasteiger partial charge in [-0.25, -0.2) is 9.97 Å². The van der Waals surface area contributed by atoms with E-state index in [1.54, 1.807) is 12.4 Å². The van der Waals surface area contributed by atoms with E-state index < -0.39 is 0 Å². The Balaban J connectivity index is 2.10. The smallest absolute Gasteiger partial charge is 0.225 e. The molecule has 1 aromatic rings. The Morgan fingerprint density at radius 3 is 2.67 bits per heavy atom. The maximum atomic E-state index is 8.58. The first-order chi connectivity index (χ1) is 7.31. The van der Waals surface area contributed by atoms with Crippen LogP contribution >= 0.6 is 15.9 Å². The molecule has 15 heavy (non-hydrogen) atoms. The Hall–Kier alpha value is -1.15. The topological polar surface area (TPSA) is 52.8 Å². The van der Waals surface area contributed by atoms with Crippen LogP contribution in [-0.2, 0) is 0 Å². The van der Waals surface area contributed by atoms with Crippen molar-refractivity contribution in [3.8, 4) is 6.07 Å². The van der Waals surface area contributed by atoms with Crippen molar-refractivity contribution < 1.29 is 0 Å². The fourth-order valence-corrected chi connectivity index (χ4v) is 1.66. The van der Waals surface area contributed by atoms with E-state index in [4.69, 9.17) is 5.26 Å². The van der Waals surface area contributed by atoms with E-state index in [2.05, 4.69) is 36.9 Å². The van der Waals surface area contributed by atoms with Crippen LogP contribution in [0.15, 0.2) is 16.9 Å². The minimum absolute atomic E-state index is 0.524. The van der Waals surface area contributed by atoms with E-state index in [0.717, 1.165) is 17.0 Å². The van der Waals surface area contributed by atoms with Gasteiger partial charge in [-0.05, 0) is 28.8 Å². The number of aromatic nitrogens is 2. The van der Waals surface area contributed by atoms with Crippen molar-refractivity contribution in [3.63, 3.8) is 0 Å². The van der Waals surface area contributed by atoms with E-state index in [1.165, 1.54) is 12.8 Å². The minimum atomic E-state index is 0.524. The zero-order chi connectivity index (χ0) is 10.7. The lowest BCUT2D eigenvalue weighted by molar-refractivity contribution is 0.759. The molecule has 0 unspecified atom stereocenters. The van der Waals surface area contributed by atoms with Crippen LogP contribution in [0.25, 0.3) is 0 Å². The van der Waals surface area contributed by atoms with E-state index >= 15 is 0 Å².